The summed E-state index contributed by atoms with van der Waals surface area (Å²) in [5, 5.41) is 6.83. The molecule has 0 amide bonds. The lowest BCUT2D eigenvalue weighted by Gasteiger charge is -2.19. The number of hydrogen-bond donors (Lipinski definition) is 2. The van der Waals surface area contributed by atoms with Gasteiger partial charge in [0.2, 0.25) is 5.88 Å². The maximum absolute atomic E-state index is 5.70. The van der Waals surface area contributed by atoms with Crippen molar-refractivity contribution in [3.63, 3.8) is 0 Å². The van der Waals surface area contributed by atoms with Crippen molar-refractivity contribution >= 4 is 21.9 Å². The summed E-state index contributed by atoms with van der Waals surface area (Å²) in [4.78, 5) is 8.67. The van der Waals surface area contributed by atoms with E-state index >= 15 is 0 Å². The molecule has 6 nitrogen and oxygen atoms in total. The number of halogens is 1. The number of ether oxygens (including phenoxy) is 2. The molecular formula is C21H27BrN4O2. The van der Waals surface area contributed by atoms with Crippen LogP contribution in [0.2, 0.25) is 0 Å². The Labute approximate surface area is 174 Å². The molecule has 28 heavy (non-hydrogen) atoms. The van der Waals surface area contributed by atoms with Gasteiger partial charge in [-0.1, -0.05) is 34.1 Å². The van der Waals surface area contributed by atoms with Crippen LogP contribution in [0.4, 0.5) is 0 Å². The monoisotopic (exact) mass is 446 g/mol. The molecule has 1 aliphatic rings. The number of rotatable bonds is 9. The zero-order valence-corrected chi connectivity index (χ0v) is 18.0. The van der Waals surface area contributed by atoms with E-state index in [1.54, 1.807) is 20.4 Å². The van der Waals surface area contributed by atoms with Crippen LogP contribution >= 0.6 is 15.9 Å². The van der Waals surface area contributed by atoms with Gasteiger partial charge < -0.3 is 20.1 Å². The molecule has 0 radical (unpaired) electrons. The molecule has 1 heterocycles. The SMILES string of the molecule is CN=C(NCc1cccnc1OCCOC)NCC1(c2cccc(Br)c2)CC1. The molecule has 2 N–H and O–H groups in total. The maximum Gasteiger partial charge on any atom is 0.218 e. The highest BCUT2D eigenvalue weighted by Gasteiger charge is 2.44. The quantitative estimate of drug-likeness (QED) is 0.351. The summed E-state index contributed by atoms with van der Waals surface area (Å²) in [5.74, 6) is 1.39. The summed E-state index contributed by atoms with van der Waals surface area (Å²) in [6, 6.07) is 12.5. The van der Waals surface area contributed by atoms with E-state index in [1.165, 1.54) is 18.4 Å². The van der Waals surface area contributed by atoms with Gasteiger partial charge in [0.05, 0.1) is 6.61 Å². The van der Waals surface area contributed by atoms with Gasteiger partial charge in [0.1, 0.15) is 6.61 Å². The summed E-state index contributed by atoms with van der Waals surface area (Å²) >= 11 is 3.57. The number of benzene rings is 1. The number of nitrogens with one attached hydrogen (secondary N) is 2. The molecule has 1 saturated carbocycles. The minimum absolute atomic E-state index is 0.199. The summed E-state index contributed by atoms with van der Waals surface area (Å²) in [7, 11) is 3.44. The second-order valence-corrected chi connectivity index (χ2v) is 7.79. The van der Waals surface area contributed by atoms with E-state index in [4.69, 9.17) is 9.47 Å². The van der Waals surface area contributed by atoms with Gasteiger partial charge in [0.15, 0.2) is 5.96 Å². The van der Waals surface area contributed by atoms with E-state index in [0.29, 0.717) is 25.6 Å². The predicted octanol–water partition coefficient (Wildman–Crippen LogP) is 3.27. The number of nitrogens with zero attached hydrogens (tertiary/aromatic N) is 2. The molecule has 2 aromatic rings. The molecule has 1 fully saturated rings. The van der Waals surface area contributed by atoms with Crippen molar-refractivity contribution in [2.45, 2.75) is 24.8 Å². The highest BCUT2D eigenvalue weighted by Crippen LogP contribution is 2.48. The summed E-state index contributed by atoms with van der Waals surface area (Å²) in [5.41, 5.74) is 2.55. The second kappa shape index (κ2) is 9.89. The normalized spacial score (nSPS) is 15.2. The van der Waals surface area contributed by atoms with E-state index in [-0.39, 0.29) is 5.41 Å². The van der Waals surface area contributed by atoms with Crippen LogP contribution < -0.4 is 15.4 Å². The van der Waals surface area contributed by atoms with Gasteiger partial charge in [-0.2, -0.15) is 0 Å². The van der Waals surface area contributed by atoms with Crippen molar-refractivity contribution in [3.05, 3.63) is 58.2 Å². The molecule has 0 atom stereocenters. The topological polar surface area (TPSA) is 67.8 Å². The molecule has 3 rings (SSSR count). The Morgan fingerprint density at radius 3 is 2.79 bits per heavy atom. The minimum atomic E-state index is 0.199. The third kappa shape index (κ3) is 5.45. The standard InChI is InChI=1S/C21H27BrN4O2/c1-23-20(25-14-16-5-4-10-24-19(16)28-12-11-27-2)26-15-21(8-9-21)17-6-3-7-18(22)13-17/h3-7,10,13H,8-9,11-12,14-15H2,1-2H3,(H2,23,25,26). The fourth-order valence-corrected chi connectivity index (χ4v) is 3.50. The molecule has 150 valence electrons. The first-order chi connectivity index (χ1) is 13.7. The Morgan fingerprint density at radius 2 is 2.07 bits per heavy atom. The third-order valence-electron chi connectivity index (χ3n) is 4.93. The van der Waals surface area contributed by atoms with Crippen LogP contribution in [-0.4, -0.2) is 44.9 Å². The van der Waals surface area contributed by atoms with Gasteiger partial charge in [-0.05, 0) is 36.6 Å². The van der Waals surface area contributed by atoms with E-state index in [0.717, 1.165) is 22.5 Å². The smallest absolute Gasteiger partial charge is 0.218 e. The number of methoxy groups -OCH3 is 1. The van der Waals surface area contributed by atoms with Crippen LogP contribution in [0.25, 0.3) is 0 Å². The lowest BCUT2D eigenvalue weighted by Crippen LogP contribution is -2.41. The van der Waals surface area contributed by atoms with Crippen LogP contribution in [-0.2, 0) is 16.7 Å². The Balaban J connectivity index is 1.55. The molecule has 0 saturated heterocycles. The molecule has 7 heteroatoms. The molecule has 0 aliphatic heterocycles. The number of hydrogen-bond acceptors (Lipinski definition) is 4. The molecule has 1 aliphatic carbocycles. The van der Waals surface area contributed by atoms with Crippen molar-refractivity contribution < 1.29 is 9.47 Å². The van der Waals surface area contributed by atoms with Crippen molar-refractivity contribution in [1.29, 1.82) is 0 Å². The molecule has 0 unspecified atom stereocenters. The first-order valence-electron chi connectivity index (χ1n) is 9.43. The second-order valence-electron chi connectivity index (χ2n) is 6.88. The average Bonchev–Trinajstić information content (AvgIpc) is 3.50. The fraction of sp³-hybridized carbons (Fsp3) is 0.429. The number of aromatic nitrogens is 1. The van der Waals surface area contributed by atoms with Gasteiger partial charge >= 0.3 is 0 Å². The molecule has 1 aromatic heterocycles. The molecule has 1 aromatic carbocycles. The lowest BCUT2D eigenvalue weighted by atomic mass is 9.96. The van der Waals surface area contributed by atoms with Crippen LogP contribution in [0.15, 0.2) is 52.1 Å². The number of guanidine groups is 1. The lowest BCUT2D eigenvalue weighted by molar-refractivity contribution is 0.143. The highest BCUT2D eigenvalue weighted by molar-refractivity contribution is 9.10. The van der Waals surface area contributed by atoms with E-state index < -0.39 is 0 Å². The van der Waals surface area contributed by atoms with E-state index in [9.17, 15) is 0 Å². The zero-order chi connectivity index (χ0) is 19.8. The first kappa shape index (κ1) is 20.6. The minimum Gasteiger partial charge on any atom is -0.475 e. The van der Waals surface area contributed by atoms with Crippen molar-refractivity contribution in [2.24, 2.45) is 4.99 Å². The van der Waals surface area contributed by atoms with Crippen LogP contribution in [0.1, 0.15) is 24.0 Å². The summed E-state index contributed by atoms with van der Waals surface area (Å²) in [6.45, 7) is 2.44. The third-order valence-corrected chi connectivity index (χ3v) is 5.42. The Bertz CT molecular complexity index is 808. The zero-order valence-electron chi connectivity index (χ0n) is 16.4. The summed E-state index contributed by atoms with van der Waals surface area (Å²) in [6.07, 6.45) is 4.11. The number of pyridine rings is 1. The Morgan fingerprint density at radius 1 is 1.21 bits per heavy atom. The van der Waals surface area contributed by atoms with Gasteiger partial charge in [0, 0.05) is 48.9 Å². The van der Waals surface area contributed by atoms with Gasteiger partial charge in [-0.3, -0.25) is 4.99 Å². The molecular weight excluding hydrogens is 420 g/mol. The molecule has 0 bridgehead atoms. The van der Waals surface area contributed by atoms with Gasteiger partial charge in [-0.15, -0.1) is 0 Å². The van der Waals surface area contributed by atoms with Gasteiger partial charge in [-0.25, -0.2) is 4.98 Å². The summed E-state index contributed by atoms with van der Waals surface area (Å²) < 4.78 is 11.8. The number of aliphatic imine (C=N–C) groups is 1. The maximum atomic E-state index is 5.70. The predicted molar refractivity (Wildman–Crippen MR) is 115 cm³/mol. The molecule has 0 spiro atoms. The Hall–Kier alpha value is -2.12. The van der Waals surface area contributed by atoms with Crippen molar-refractivity contribution in [2.75, 3.05) is 33.9 Å². The van der Waals surface area contributed by atoms with E-state index in [2.05, 4.69) is 60.8 Å². The van der Waals surface area contributed by atoms with E-state index in [1.807, 2.05) is 12.1 Å². The average molecular weight is 447 g/mol. The Kier molecular flexibility index (Phi) is 7.28. The first-order valence-corrected chi connectivity index (χ1v) is 10.2. The van der Waals surface area contributed by atoms with Crippen LogP contribution in [0.3, 0.4) is 0 Å². The van der Waals surface area contributed by atoms with Crippen molar-refractivity contribution in [3.8, 4) is 5.88 Å². The largest absolute Gasteiger partial charge is 0.475 e. The fourth-order valence-electron chi connectivity index (χ4n) is 3.10. The highest BCUT2D eigenvalue weighted by atomic mass is 79.9. The van der Waals surface area contributed by atoms with Gasteiger partial charge in [0.25, 0.3) is 0 Å². The van der Waals surface area contributed by atoms with Crippen molar-refractivity contribution in [1.82, 2.24) is 15.6 Å². The van der Waals surface area contributed by atoms with Crippen LogP contribution in [0, 0.1) is 0 Å². The van der Waals surface area contributed by atoms with Crippen LogP contribution in [0.5, 0.6) is 5.88 Å².